The molecule has 1 aliphatic rings. The van der Waals surface area contributed by atoms with Crippen molar-refractivity contribution in [3.63, 3.8) is 0 Å². The maximum Gasteiger partial charge on any atom is 0.191 e. The molecule has 1 unspecified atom stereocenters. The van der Waals surface area contributed by atoms with E-state index in [4.69, 9.17) is 4.42 Å². The van der Waals surface area contributed by atoms with Crippen LogP contribution in [0.3, 0.4) is 0 Å². The van der Waals surface area contributed by atoms with Crippen LogP contribution in [0.5, 0.6) is 0 Å². The topological polar surface area (TPSA) is 83.7 Å². The summed E-state index contributed by atoms with van der Waals surface area (Å²) in [7, 11) is -1.19. The molecule has 0 saturated carbocycles. The van der Waals surface area contributed by atoms with Gasteiger partial charge in [0.25, 0.3) is 0 Å². The molecule has 2 heterocycles. The lowest BCUT2D eigenvalue weighted by molar-refractivity contribution is 0.506. The van der Waals surface area contributed by atoms with Crippen molar-refractivity contribution in [3.05, 3.63) is 24.2 Å². The summed E-state index contributed by atoms with van der Waals surface area (Å²) in [6, 6.07) is 3.73. The number of hydrogen-bond donors (Lipinski definition) is 2. The molecule has 0 amide bonds. The molecule has 6 nitrogen and oxygen atoms in total. The van der Waals surface area contributed by atoms with Gasteiger partial charge >= 0.3 is 0 Å². The van der Waals surface area contributed by atoms with E-state index < -0.39 is 9.84 Å². The van der Waals surface area contributed by atoms with Gasteiger partial charge in [-0.15, -0.1) is 0 Å². The minimum Gasteiger partial charge on any atom is -0.469 e. The summed E-state index contributed by atoms with van der Waals surface area (Å²) in [6.45, 7) is 0.687. The van der Waals surface area contributed by atoms with E-state index in [0.717, 1.165) is 12.2 Å². The van der Waals surface area contributed by atoms with Crippen molar-refractivity contribution < 1.29 is 12.8 Å². The molecule has 1 atom stereocenters. The normalized spacial score (nSPS) is 22.4. The summed E-state index contributed by atoms with van der Waals surface area (Å²) in [5.74, 6) is 1.99. The Bertz CT molecular complexity index is 522. The van der Waals surface area contributed by atoms with Crippen molar-refractivity contribution in [2.24, 2.45) is 4.99 Å². The van der Waals surface area contributed by atoms with Crippen LogP contribution in [-0.4, -0.2) is 45.5 Å². The van der Waals surface area contributed by atoms with Gasteiger partial charge in [0.1, 0.15) is 5.76 Å². The Kier molecular flexibility index (Phi) is 4.47. The van der Waals surface area contributed by atoms with Gasteiger partial charge in [0.2, 0.25) is 0 Å². The molecule has 0 radical (unpaired) electrons. The van der Waals surface area contributed by atoms with E-state index in [-0.39, 0.29) is 17.5 Å². The molecule has 1 aromatic heterocycles. The molecule has 0 aliphatic carbocycles. The van der Waals surface area contributed by atoms with Crippen molar-refractivity contribution in [1.29, 1.82) is 0 Å². The van der Waals surface area contributed by atoms with Gasteiger partial charge in [-0.3, -0.25) is 4.99 Å². The van der Waals surface area contributed by atoms with Gasteiger partial charge in [-0.25, -0.2) is 8.42 Å². The highest BCUT2D eigenvalue weighted by atomic mass is 32.2. The van der Waals surface area contributed by atoms with E-state index in [2.05, 4.69) is 15.6 Å². The molecule has 2 rings (SSSR count). The Morgan fingerprint density at radius 3 is 3.00 bits per heavy atom. The second-order valence-corrected chi connectivity index (χ2v) is 6.80. The van der Waals surface area contributed by atoms with Crippen LogP contribution < -0.4 is 10.6 Å². The SMILES string of the molecule is CN=C(NCCc1ccco1)NC1CCS(=O)(=O)C1. The highest BCUT2D eigenvalue weighted by Crippen LogP contribution is 2.10. The maximum atomic E-state index is 11.4. The summed E-state index contributed by atoms with van der Waals surface area (Å²) in [4.78, 5) is 4.09. The van der Waals surface area contributed by atoms with Gasteiger partial charge in [0.15, 0.2) is 15.8 Å². The fraction of sp³-hybridized carbons (Fsp3) is 0.583. The molecule has 1 aromatic rings. The van der Waals surface area contributed by atoms with E-state index in [1.54, 1.807) is 13.3 Å². The summed E-state index contributed by atoms with van der Waals surface area (Å²) in [5, 5.41) is 6.28. The summed E-state index contributed by atoms with van der Waals surface area (Å²) in [6.07, 6.45) is 3.05. The second kappa shape index (κ2) is 6.10. The Labute approximate surface area is 113 Å². The standard InChI is InChI=1S/C12H19N3O3S/c1-13-12(14-6-4-11-3-2-7-18-11)15-10-5-8-19(16,17)9-10/h2-3,7,10H,4-6,8-9H2,1H3,(H2,13,14,15). The largest absolute Gasteiger partial charge is 0.469 e. The Hall–Kier alpha value is -1.50. The lowest BCUT2D eigenvalue weighted by Crippen LogP contribution is -2.44. The minimum absolute atomic E-state index is 0.0418. The average molecular weight is 285 g/mol. The number of furan rings is 1. The fourth-order valence-electron chi connectivity index (χ4n) is 2.06. The molecular weight excluding hydrogens is 266 g/mol. The number of nitrogens with zero attached hydrogens (tertiary/aromatic N) is 1. The van der Waals surface area contributed by atoms with Gasteiger partial charge in [-0.05, 0) is 18.6 Å². The molecule has 0 bridgehead atoms. The maximum absolute atomic E-state index is 11.4. The molecule has 7 heteroatoms. The number of nitrogens with one attached hydrogen (secondary N) is 2. The van der Waals surface area contributed by atoms with Crippen LogP contribution >= 0.6 is 0 Å². The van der Waals surface area contributed by atoms with Crippen LogP contribution in [0.25, 0.3) is 0 Å². The van der Waals surface area contributed by atoms with Gasteiger partial charge in [-0.2, -0.15) is 0 Å². The van der Waals surface area contributed by atoms with Crippen LogP contribution in [0, 0.1) is 0 Å². The highest BCUT2D eigenvalue weighted by Gasteiger charge is 2.28. The quantitative estimate of drug-likeness (QED) is 0.609. The van der Waals surface area contributed by atoms with E-state index in [1.807, 2.05) is 12.1 Å². The molecule has 1 aliphatic heterocycles. The fourth-order valence-corrected chi connectivity index (χ4v) is 3.73. The smallest absolute Gasteiger partial charge is 0.191 e. The Balaban J connectivity index is 1.75. The Morgan fingerprint density at radius 2 is 2.42 bits per heavy atom. The summed E-state index contributed by atoms with van der Waals surface area (Å²) in [5.41, 5.74) is 0. The van der Waals surface area contributed by atoms with Crippen molar-refractivity contribution >= 4 is 15.8 Å². The third kappa shape index (κ3) is 4.27. The molecule has 19 heavy (non-hydrogen) atoms. The summed E-state index contributed by atoms with van der Waals surface area (Å²) >= 11 is 0. The second-order valence-electron chi connectivity index (χ2n) is 4.57. The molecule has 0 aromatic carbocycles. The van der Waals surface area contributed by atoms with Crippen molar-refractivity contribution in [1.82, 2.24) is 10.6 Å². The first kappa shape index (κ1) is 13.9. The van der Waals surface area contributed by atoms with Crippen LogP contribution in [0.4, 0.5) is 0 Å². The minimum atomic E-state index is -2.87. The van der Waals surface area contributed by atoms with Crippen LogP contribution in [0.1, 0.15) is 12.2 Å². The van der Waals surface area contributed by atoms with Crippen LogP contribution in [0.15, 0.2) is 27.8 Å². The zero-order valence-electron chi connectivity index (χ0n) is 10.9. The lowest BCUT2D eigenvalue weighted by atomic mass is 10.3. The lowest BCUT2D eigenvalue weighted by Gasteiger charge is -2.15. The average Bonchev–Trinajstić information content (AvgIpc) is 2.98. The molecule has 2 N–H and O–H groups in total. The van der Waals surface area contributed by atoms with E-state index in [1.165, 1.54) is 0 Å². The predicted octanol–water partition coefficient (Wildman–Crippen LogP) is 0.174. The first-order valence-electron chi connectivity index (χ1n) is 6.29. The van der Waals surface area contributed by atoms with E-state index >= 15 is 0 Å². The number of guanidine groups is 1. The first-order chi connectivity index (χ1) is 9.09. The number of aliphatic imine (C=N–C) groups is 1. The molecular formula is C12H19N3O3S. The predicted molar refractivity (Wildman–Crippen MR) is 74.0 cm³/mol. The summed E-state index contributed by atoms with van der Waals surface area (Å²) < 4.78 is 28.0. The zero-order valence-corrected chi connectivity index (χ0v) is 11.7. The van der Waals surface area contributed by atoms with Crippen molar-refractivity contribution in [2.75, 3.05) is 25.1 Å². The van der Waals surface area contributed by atoms with Crippen molar-refractivity contribution in [2.45, 2.75) is 18.9 Å². The van der Waals surface area contributed by atoms with Crippen LogP contribution in [0.2, 0.25) is 0 Å². The van der Waals surface area contributed by atoms with Crippen molar-refractivity contribution in [3.8, 4) is 0 Å². The van der Waals surface area contributed by atoms with E-state index in [9.17, 15) is 8.42 Å². The van der Waals surface area contributed by atoms with Gasteiger partial charge < -0.3 is 15.1 Å². The zero-order chi connectivity index (χ0) is 13.7. The molecule has 106 valence electrons. The molecule has 0 spiro atoms. The highest BCUT2D eigenvalue weighted by molar-refractivity contribution is 7.91. The Morgan fingerprint density at radius 1 is 1.58 bits per heavy atom. The van der Waals surface area contributed by atoms with Gasteiger partial charge in [0, 0.05) is 26.1 Å². The molecule has 1 fully saturated rings. The number of rotatable bonds is 4. The molecule has 1 saturated heterocycles. The third-order valence-electron chi connectivity index (χ3n) is 3.04. The first-order valence-corrected chi connectivity index (χ1v) is 8.11. The van der Waals surface area contributed by atoms with Crippen LogP contribution in [-0.2, 0) is 16.3 Å². The monoisotopic (exact) mass is 285 g/mol. The van der Waals surface area contributed by atoms with Gasteiger partial charge in [-0.1, -0.05) is 0 Å². The van der Waals surface area contributed by atoms with Gasteiger partial charge in [0.05, 0.1) is 17.8 Å². The third-order valence-corrected chi connectivity index (χ3v) is 4.81. The number of hydrogen-bond acceptors (Lipinski definition) is 4. The number of sulfone groups is 1. The van der Waals surface area contributed by atoms with E-state index in [0.29, 0.717) is 18.9 Å².